The molecule has 7 heteroatoms. The van der Waals surface area contributed by atoms with Crippen LogP contribution < -0.4 is 18.9 Å². The fourth-order valence-corrected chi connectivity index (χ4v) is 3.79. The number of hydrogen-bond donors (Lipinski definition) is 1. The maximum atomic E-state index is 10.1. The summed E-state index contributed by atoms with van der Waals surface area (Å²) in [6, 6.07) is 9.46. The van der Waals surface area contributed by atoms with Crippen molar-refractivity contribution in [1.82, 2.24) is 4.98 Å². The molecule has 0 bridgehead atoms. The van der Waals surface area contributed by atoms with Gasteiger partial charge in [0.2, 0.25) is 6.79 Å². The van der Waals surface area contributed by atoms with E-state index in [1.807, 2.05) is 36.4 Å². The number of ether oxygens (including phenoxy) is 4. The lowest BCUT2D eigenvalue weighted by Crippen LogP contribution is -1.96. The lowest BCUT2D eigenvalue weighted by atomic mass is 9.99. The summed E-state index contributed by atoms with van der Waals surface area (Å²) in [6.07, 6.45) is 3.67. The zero-order valence-corrected chi connectivity index (χ0v) is 17.5. The van der Waals surface area contributed by atoms with Crippen LogP contribution in [0, 0.1) is 3.57 Å². The molecule has 6 nitrogen and oxygen atoms in total. The Balaban J connectivity index is 1.86. The third kappa shape index (κ3) is 3.35. The minimum atomic E-state index is -0.127. The van der Waals surface area contributed by atoms with E-state index in [1.165, 1.54) is 0 Å². The third-order valence-electron chi connectivity index (χ3n) is 4.58. The molecule has 0 unspecified atom stereocenters. The summed E-state index contributed by atoms with van der Waals surface area (Å²) in [4.78, 5) is 4.43. The number of nitrogens with zero attached hydrogens (tertiary/aromatic N) is 1. The van der Waals surface area contributed by atoms with Crippen molar-refractivity contribution in [2.45, 2.75) is 0 Å². The van der Waals surface area contributed by atoms with E-state index < -0.39 is 0 Å². The van der Waals surface area contributed by atoms with Crippen LogP contribution in [-0.2, 0) is 0 Å². The standard InChI is InChI=1S/C21H18INO5/c1-25-18-6-12(16(22)8-19(18)26-2)5-13(10-24)14-3-4-23-17-9-21-20(7-15(14)17)27-11-28-21/h3-9,24H,10-11H2,1-2H3/b13-5-. The Labute approximate surface area is 175 Å². The van der Waals surface area contributed by atoms with Crippen molar-refractivity contribution in [3.05, 3.63) is 51.2 Å². The number of aliphatic hydroxyl groups is 1. The molecule has 1 aromatic heterocycles. The number of aromatic nitrogens is 1. The molecule has 0 amide bonds. The molecule has 0 spiro atoms. The zero-order valence-electron chi connectivity index (χ0n) is 15.4. The Kier molecular flexibility index (Phi) is 5.27. The Morgan fingerprint density at radius 1 is 1.14 bits per heavy atom. The van der Waals surface area contributed by atoms with Crippen LogP contribution in [0.3, 0.4) is 0 Å². The summed E-state index contributed by atoms with van der Waals surface area (Å²) in [6.45, 7) is 0.0749. The van der Waals surface area contributed by atoms with Crippen molar-refractivity contribution in [3.8, 4) is 23.0 Å². The van der Waals surface area contributed by atoms with Crippen LogP contribution in [-0.4, -0.2) is 37.7 Å². The molecule has 0 saturated carbocycles. The minimum absolute atomic E-state index is 0.127. The molecule has 0 saturated heterocycles. The first-order valence-corrected chi connectivity index (χ1v) is 9.64. The lowest BCUT2D eigenvalue weighted by molar-refractivity contribution is 0.174. The fraction of sp³-hybridized carbons (Fsp3) is 0.190. The maximum absolute atomic E-state index is 10.1. The van der Waals surface area contributed by atoms with Crippen LogP contribution >= 0.6 is 22.6 Å². The fourth-order valence-electron chi connectivity index (χ4n) is 3.19. The monoisotopic (exact) mass is 491 g/mol. The van der Waals surface area contributed by atoms with E-state index in [4.69, 9.17) is 18.9 Å². The molecule has 3 aromatic rings. The van der Waals surface area contributed by atoms with Crippen LogP contribution in [0.1, 0.15) is 11.1 Å². The predicted molar refractivity (Wildman–Crippen MR) is 115 cm³/mol. The lowest BCUT2D eigenvalue weighted by Gasteiger charge is -2.13. The second-order valence-electron chi connectivity index (χ2n) is 6.14. The van der Waals surface area contributed by atoms with Crippen LogP contribution in [0.2, 0.25) is 0 Å². The van der Waals surface area contributed by atoms with E-state index in [-0.39, 0.29) is 13.4 Å². The summed E-state index contributed by atoms with van der Waals surface area (Å²) in [5.74, 6) is 2.66. The average molecular weight is 491 g/mol. The summed E-state index contributed by atoms with van der Waals surface area (Å²) in [5, 5.41) is 11.0. The largest absolute Gasteiger partial charge is 0.493 e. The van der Waals surface area contributed by atoms with Gasteiger partial charge in [0.25, 0.3) is 0 Å². The summed E-state index contributed by atoms with van der Waals surface area (Å²) in [5.41, 5.74) is 3.35. The normalized spacial score (nSPS) is 13.1. The molecule has 1 N–H and O–H groups in total. The first-order valence-electron chi connectivity index (χ1n) is 8.56. The summed E-state index contributed by atoms with van der Waals surface area (Å²) >= 11 is 2.24. The molecule has 2 aromatic carbocycles. The molecular formula is C21H18INO5. The second-order valence-corrected chi connectivity index (χ2v) is 7.30. The predicted octanol–water partition coefficient (Wildman–Crippen LogP) is 4.12. The minimum Gasteiger partial charge on any atom is -0.493 e. The van der Waals surface area contributed by atoms with E-state index >= 15 is 0 Å². The number of benzene rings is 2. The summed E-state index contributed by atoms with van der Waals surface area (Å²) in [7, 11) is 3.21. The van der Waals surface area contributed by atoms with E-state index in [0.29, 0.717) is 23.0 Å². The smallest absolute Gasteiger partial charge is 0.231 e. The number of rotatable bonds is 5. The van der Waals surface area contributed by atoms with Crippen molar-refractivity contribution in [3.63, 3.8) is 0 Å². The van der Waals surface area contributed by atoms with Gasteiger partial charge in [-0.25, -0.2) is 0 Å². The highest BCUT2D eigenvalue weighted by Gasteiger charge is 2.17. The van der Waals surface area contributed by atoms with Crippen molar-refractivity contribution in [2.75, 3.05) is 27.6 Å². The highest BCUT2D eigenvalue weighted by molar-refractivity contribution is 14.1. The van der Waals surface area contributed by atoms with Crippen LogP contribution in [0.4, 0.5) is 0 Å². The van der Waals surface area contributed by atoms with Gasteiger partial charge in [0.1, 0.15) is 0 Å². The van der Waals surface area contributed by atoms with Gasteiger partial charge in [0, 0.05) is 21.2 Å². The molecule has 0 fully saturated rings. The van der Waals surface area contributed by atoms with E-state index in [1.54, 1.807) is 20.4 Å². The van der Waals surface area contributed by atoms with Crippen molar-refractivity contribution in [2.24, 2.45) is 0 Å². The molecule has 4 rings (SSSR count). The maximum Gasteiger partial charge on any atom is 0.231 e. The molecule has 0 atom stereocenters. The van der Waals surface area contributed by atoms with Gasteiger partial charge in [-0.1, -0.05) is 0 Å². The van der Waals surface area contributed by atoms with Gasteiger partial charge in [-0.2, -0.15) is 0 Å². The second kappa shape index (κ2) is 7.84. The van der Waals surface area contributed by atoms with Crippen molar-refractivity contribution in [1.29, 1.82) is 0 Å². The van der Waals surface area contributed by atoms with E-state index in [9.17, 15) is 5.11 Å². The van der Waals surface area contributed by atoms with Crippen LogP contribution in [0.5, 0.6) is 23.0 Å². The van der Waals surface area contributed by atoms with Gasteiger partial charge >= 0.3 is 0 Å². The molecule has 0 aliphatic carbocycles. The molecule has 1 aliphatic rings. The number of pyridine rings is 1. The van der Waals surface area contributed by atoms with E-state index in [2.05, 4.69) is 27.6 Å². The average Bonchev–Trinajstić information content (AvgIpc) is 3.18. The van der Waals surface area contributed by atoms with Gasteiger partial charge in [0.05, 0.1) is 26.3 Å². The first-order chi connectivity index (χ1) is 13.6. The van der Waals surface area contributed by atoms with Gasteiger partial charge in [-0.15, -0.1) is 0 Å². The van der Waals surface area contributed by atoms with Gasteiger partial charge in [-0.3, -0.25) is 4.98 Å². The Morgan fingerprint density at radius 2 is 1.86 bits per heavy atom. The zero-order chi connectivity index (χ0) is 19.7. The Morgan fingerprint density at radius 3 is 2.57 bits per heavy atom. The van der Waals surface area contributed by atoms with Crippen LogP contribution in [0.25, 0.3) is 22.6 Å². The Hall–Kier alpha value is -2.52. The topological polar surface area (TPSA) is 70.0 Å². The van der Waals surface area contributed by atoms with Crippen molar-refractivity contribution >= 4 is 45.1 Å². The SMILES string of the molecule is COc1cc(I)c(/C=C(/CO)c2ccnc3cc4c(cc23)OCO4)cc1OC. The first kappa shape index (κ1) is 18.8. The molecular weight excluding hydrogens is 473 g/mol. The van der Waals surface area contributed by atoms with Crippen LogP contribution in [0.15, 0.2) is 36.5 Å². The van der Waals surface area contributed by atoms with Gasteiger partial charge in [0.15, 0.2) is 23.0 Å². The van der Waals surface area contributed by atoms with Crippen molar-refractivity contribution < 1.29 is 24.1 Å². The van der Waals surface area contributed by atoms with Gasteiger partial charge in [-0.05, 0) is 69.6 Å². The molecule has 144 valence electrons. The quantitative estimate of drug-likeness (QED) is 0.542. The number of methoxy groups -OCH3 is 2. The van der Waals surface area contributed by atoms with E-state index in [0.717, 1.165) is 31.2 Å². The highest BCUT2D eigenvalue weighted by atomic mass is 127. The Bertz CT molecular complexity index is 1080. The number of hydrogen-bond acceptors (Lipinski definition) is 6. The molecule has 1 aliphatic heterocycles. The summed E-state index contributed by atoms with van der Waals surface area (Å²) < 4.78 is 22.7. The number of aliphatic hydroxyl groups excluding tert-OH is 1. The van der Waals surface area contributed by atoms with Gasteiger partial charge < -0.3 is 24.1 Å². The molecule has 28 heavy (non-hydrogen) atoms. The molecule has 2 heterocycles. The molecule has 0 radical (unpaired) electrons. The number of fused-ring (bicyclic) bond motifs is 2. The highest BCUT2D eigenvalue weighted by Crippen LogP contribution is 2.38. The number of halogens is 1. The third-order valence-corrected chi connectivity index (χ3v) is 5.52.